The van der Waals surface area contributed by atoms with Crippen molar-refractivity contribution in [2.24, 2.45) is 0 Å². The highest BCUT2D eigenvalue weighted by atomic mass is 16.5. The fraction of sp³-hybridized carbons (Fsp3) is 0.533. The van der Waals surface area contributed by atoms with E-state index >= 15 is 0 Å². The number of carbonyl (C=O) groups is 1. The molecule has 4 nitrogen and oxygen atoms in total. The van der Waals surface area contributed by atoms with E-state index in [1.807, 2.05) is 12.1 Å². The summed E-state index contributed by atoms with van der Waals surface area (Å²) in [5.41, 5.74) is 4.20. The quantitative estimate of drug-likeness (QED) is 0.783. The van der Waals surface area contributed by atoms with Gasteiger partial charge in [0, 0.05) is 24.6 Å². The van der Waals surface area contributed by atoms with E-state index in [-0.39, 0.29) is 12.1 Å². The first-order chi connectivity index (χ1) is 9.16. The van der Waals surface area contributed by atoms with Gasteiger partial charge in [-0.2, -0.15) is 0 Å². The molecule has 2 heterocycles. The zero-order valence-corrected chi connectivity index (χ0v) is 11.4. The maximum Gasteiger partial charge on any atom is 0.338 e. The van der Waals surface area contributed by atoms with Crippen molar-refractivity contribution in [1.82, 2.24) is 5.32 Å². The lowest BCUT2D eigenvalue weighted by molar-refractivity contribution is 0.0534. The molecule has 2 atom stereocenters. The van der Waals surface area contributed by atoms with Gasteiger partial charge in [-0.05, 0) is 31.0 Å². The van der Waals surface area contributed by atoms with Gasteiger partial charge in [-0.1, -0.05) is 6.07 Å². The number of benzene rings is 1. The molecule has 1 N–H and O–H groups in total. The number of cyclic esters (lactones) is 1. The standard InChI is InChI=1S/C15H19NO3/c1-9-5-16-6-11(7-18-9)12-3-4-13-14(10(12)2)8-19-15(13)17/h3-4,9,11,16H,5-8H2,1-2H3/t9?,11-/m1/s1. The number of carbonyl (C=O) groups excluding carboxylic acids is 1. The maximum atomic E-state index is 11.5. The van der Waals surface area contributed by atoms with E-state index < -0.39 is 0 Å². The lowest BCUT2D eigenvalue weighted by Crippen LogP contribution is -2.24. The minimum Gasteiger partial charge on any atom is -0.457 e. The largest absolute Gasteiger partial charge is 0.457 e. The molecule has 2 aliphatic rings. The highest BCUT2D eigenvalue weighted by molar-refractivity contribution is 5.93. The predicted molar refractivity (Wildman–Crippen MR) is 71.3 cm³/mol. The first-order valence-corrected chi connectivity index (χ1v) is 6.78. The van der Waals surface area contributed by atoms with Crippen molar-refractivity contribution in [2.45, 2.75) is 32.5 Å². The van der Waals surface area contributed by atoms with Gasteiger partial charge in [0.25, 0.3) is 0 Å². The van der Waals surface area contributed by atoms with Crippen LogP contribution in [0.1, 0.15) is 39.9 Å². The molecule has 0 radical (unpaired) electrons. The van der Waals surface area contributed by atoms with Crippen molar-refractivity contribution in [3.05, 3.63) is 34.4 Å². The normalized spacial score (nSPS) is 26.7. The Morgan fingerprint density at radius 3 is 3.00 bits per heavy atom. The summed E-state index contributed by atoms with van der Waals surface area (Å²) in [6.07, 6.45) is 0.254. The average Bonchev–Trinajstić information content (AvgIpc) is 2.64. The van der Waals surface area contributed by atoms with Gasteiger partial charge in [-0.3, -0.25) is 0 Å². The van der Waals surface area contributed by atoms with Gasteiger partial charge in [-0.15, -0.1) is 0 Å². The molecular weight excluding hydrogens is 242 g/mol. The van der Waals surface area contributed by atoms with Crippen LogP contribution in [0, 0.1) is 6.92 Å². The molecule has 1 fully saturated rings. The molecule has 3 rings (SSSR count). The van der Waals surface area contributed by atoms with Gasteiger partial charge in [0.15, 0.2) is 0 Å². The molecule has 0 aliphatic carbocycles. The lowest BCUT2D eigenvalue weighted by atomic mass is 9.90. The number of nitrogens with one attached hydrogen (secondary N) is 1. The van der Waals surface area contributed by atoms with Gasteiger partial charge < -0.3 is 14.8 Å². The van der Waals surface area contributed by atoms with E-state index in [2.05, 4.69) is 19.2 Å². The van der Waals surface area contributed by atoms with Crippen LogP contribution < -0.4 is 5.32 Å². The molecule has 0 amide bonds. The van der Waals surface area contributed by atoms with Gasteiger partial charge in [0.05, 0.1) is 18.3 Å². The minimum atomic E-state index is -0.200. The molecule has 1 saturated heterocycles. The summed E-state index contributed by atoms with van der Waals surface area (Å²) in [7, 11) is 0. The van der Waals surface area contributed by atoms with Gasteiger partial charge >= 0.3 is 5.97 Å². The van der Waals surface area contributed by atoms with Crippen LogP contribution in [0.2, 0.25) is 0 Å². The van der Waals surface area contributed by atoms with Crippen molar-refractivity contribution >= 4 is 5.97 Å². The van der Waals surface area contributed by atoms with E-state index in [1.165, 1.54) is 11.1 Å². The fourth-order valence-electron chi connectivity index (χ4n) is 2.87. The Labute approximate surface area is 113 Å². The maximum absolute atomic E-state index is 11.5. The molecule has 102 valence electrons. The number of hydrogen-bond acceptors (Lipinski definition) is 4. The van der Waals surface area contributed by atoms with Gasteiger partial charge in [0.1, 0.15) is 6.61 Å². The molecule has 4 heteroatoms. The summed E-state index contributed by atoms with van der Waals surface area (Å²) < 4.78 is 10.9. The van der Waals surface area contributed by atoms with Gasteiger partial charge in [-0.25, -0.2) is 4.79 Å². The first kappa shape index (κ1) is 12.6. The van der Waals surface area contributed by atoms with Crippen LogP contribution in [-0.2, 0) is 16.1 Å². The molecule has 1 aromatic rings. The predicted octanol–water partition coefficient (Wildman–Crippen LogP) is 1.76. The Morgan fingerprint density at radius 2 is 2.16 bits per heavy atom. The van der Waals surface area contributed by atoms with Gasteiger partial charge in [0.2, 0.25) is 0 Å². The van der Waals surface area contributed by atoms with E-state index in [0.717, 1.165) is 30.8 Å². The summed E-state index contributed by atoms with van der Waals surface area (Å²) in [5, 5.41) is 3.43. The third-order valence-corrected chi connectivity index (χ3v) is 4.05. The third-order valence-electron chi connectivity index (χ3n) is 4.05. The minimum absolute atomic E-state index is 0.200. The van der Waals surface area contributed by atoms with Crippen molar-refractivity contribution in [1.29, 1.82) is 0 Å². The van der Waals surface area contributed by atoms with Crippen LogP contribution in [0.4, 0.5) is 0 Å². The molecule has 2 aliphatic heterocycles. The summed E-state index contributed by atoms with van der Waals surface area (Å²) >= 11 is 0. The number of rotatable bonds is 1. The Bertz CT molecular complexity index is 512. The van der Waals surface area contributed by atoms with Crippen LogP contribution >= 0.6 is 0 Å². The summed E-state index contributed by atoms with van der Waals surface area (Å²) in [5.74, 6) is 0.138. The van der Waals surface area contributed by atoms with Crippen molar-refractivity contribution in [3.8, 4) is 0 Å². The average molecular weight is 261 g/mol. The molecule has 0 saturated carbocycles. The second-order valence-electron chi connectivity index (χ2n) is 5.38. The zero-order chi connectivity index (χ0) is 13.4. The van der Waals surface area contributed by atoms with Crippen LogP contribution in [0.5, 0.6) is 0 Å². The fourth-order valence-corrected chi connectivity index (χ4v) is 2.87. The molecule has 0 aromatic heterocycles. The number of esters is 1. The van der Waals surface area contributed by atoms with E-state index in [0.29, 0.717) is 12.5 Å². The number of hydrogen-bond donors (Lipinski definition) is 1. The highest BCUT2D eigenvalue weighted by Crippen LogP contribution is 2.30. The zero-order valence-electron chi connectivity index (χ0n) is 11.4. The Morgan fingerprint density at radius 1 is 1.32 bits per heavy atom. The second-order valence-corrected chi connectivity index (χ2v) is 5.38. The van der Waals surface area contributed by atoms with E-state index in [9.17, 15) is 4.79 Å². The molecule has 1 unspecified atom stereocenters. The molecule has 0 spiro atoms. The molecule has 0 bridgehead atoms. The summed E-state index contributed by atoms with van der Waals surface area (Å²) in [6, 6.07) is 3.94. The van der Waals surface area contributed by atoms with Crippen LogP contribution in [-0.4, -0.2) is 31.8 Å². The van der Waals surface area contributed by atoms with Crippen LogP contribution in [0.25, 0.3) is 0 Å². The Balaban J connectivity index is 1.91. The van der Waals surface area contributed by atoms with Crippen LogP contribution in [0.3, 0.4) is 0 Å². The van der Waals surface area contributed by atoms with Crippen LogP contribution in [0.15, 0.2) is 12.1 Å². The molecule has 19 heavy (non-hydrogen) atoms. The van der Waals surface area contributed by atoms with Crippen molar-refractivity contribution in [3.63, 3.8) is 0 Å². The topological polar surface area (TPSA) is 47.6 Å². The summed E-state index contributed by atoms with van der Waals surface area (Å²) in [6.45, 7) is 7.09. The highest BCUT2D eigenvalue weighted by Gasteiger charge is 2.27. The molecule has 1 aromatic carbocycles. The first-order valence-electron chi connectivity index (χ1n) is 6.78. The van der Waals surface area contributed by atoms with Crippen molar-refractivity contribution in [2.75, 3.05) is 19.7 Å². The molecular formula is C15H19NO3. The number of ether oxygens (including phenoxy) is 2. The third kappa shape index (κ3) is 2.26. The monoisotopic (exact) mass is 261 g/mol. The van der Waals surface area contributed by atoms with E-state index in [4.69, 9.17) is 9.47 Å². The SMILES string of the molecule is Cc1c([C@@H]2CNCC(C)OC2)ccc2c1COC2=O. The lowest BCUT2D eigenvalue weighted by Gasteiger charge is -2.18. The van der Waals surface area contributed by atoms with E-state index in [1.54, 1.807) is 0 Å². The Kier molecular flexibility index (Phi) is 3.29. The smallest absolute Gasteiger partial charge is 0.338 e. The Hall–Kier alpha value is -1.39. The number of fused-ring (bicyclic) bond motifs is 1. The summed E-state index contributed by atoms with van der Waals surface area (Å²) in [4.78, 5) is 11.5. The van der Waals surface area contributed by atoms with Crippen molar-refractivity contribution < 1.29 is 14.3 Å². The second kappa shape index (κ2) is 4.94.